The number of hydrogen-bond donors (Lipinski definition) is 4. The summed E-state index contributed by atoms with van der Waals surface area (Å²) in [5.41, 5.74) is 3.20. The van der Waals surface area contributed by atoms with Crippen molar-refractivity contribution in [3.05, 3.63) is 95.4 Å². The summed E-state index contributed by atoms with van der Waals surface area (Å²) in [7, 11) is 3.05. The number of hydrogen-bond acceptors (Lipinski definition) is 8. The standard InChI is InChI=1S/C30H32N6O5/c1-19-33-28(36-41-19)23-11-7-10-22(14-23)18-32-29(38)24(15-20-8-5-4-6-9-20)34-30(31)35-27(37)17-21-12-13-25(39-2)26(16-21)40-3/h4-14,16,24H,15,17-18H2,1-3H3,(H,32,38)(H3,31,34,35,37)/t24-/m1/s1. The smallest absolute Gasteiger partial charge is 0.243 e. The highest BCUT2D eigenvalue weighted by Gasteiger charge is 2.21. The fourth-order valence-electron chi connectivity index (χ4n) is 4.18. The number of ether oxygens (including phenoxy) is 2. The van der Waals surface area contributed by atoms with Crippen molar-refractivity contribution in [2.45, 2.75) is 32.4 Å². The van der Waals surface area contributed by atoms with Gasteiger partial charge in [-0.15, -0.1) is 0 Å². The maximum atomic E-state index is 13.3. The number of carbonyl (C=O) groups excluding carboxylic acids is 2. The predicted molar refractivity (Wildman–Crippen MR) is 153 cm³/mol. The second-order valence-electron chi connectivity index (χ2n) is 9.23. The molecule has 4 aromatic rings. The van der Waals surface area contributed by atoms with E-state index >= 15 is 0 Å². The van der Waals surface area contributed by atoms with Crippen LogP contribution >= 0.6 is 0 Å². The number of guanidine groups is 1. The van der Waals surface area contributed by atoms with Crippen LogP contribution in [0.25, 0.3) is 11.4 Å². The number of carbonyl (C=O) groups is 2. The summed E-state index contributed by atoms with van der Waals surface area (Å²) >= 11 is 0. The minimum Gasteiger partial charge on any atom is -0.493 e. The van der Waals surface area contributed by atoms with Gasteiger partial charge in [0.05, 0.1) is 20.6 Å². The van der Waals surface area contributed by atoms with E-state index in [2.05, 4.69) is 26.1 Å². The molecule has 11 nitrogen and oxygen atoms in total. The highest BCUT2D eigenvalue weighted by atomic mass is 16.5. The van der Waals surface area contributed by atoms with E-state index in [4.69, 9.17) is 19.4 Å². The highest BCUT2D eigenvalue weighted by molar-refractivity contribution is 5.98. The summed E-state index contributed by atoms with van der Waals surface area (Å²) in [5, 5.41) is 20.6. The van der Waals surface area contributed by atoms with Crippen LogP contribution < -0.4 is 25.4 Å². The maximum absolute atomic E-state index is 13.3. The maximum Gasteiger partial charge on any atom is 0.243 e. The van der Waals surface area contributed by atoms with Crippen molar-refractivity contribution in [1.82, 2.24) is 26.1 Å². The number of amides is 2. The molecule has 3 aromatic carbocycles. The lowest BCUT2D eigenvalue weighted by atomic mass is 10.0. The topological polar surface area (TPSA) is 151 Å². The van der Waals surface area contributed by atoms with Crippen LogP contribution in [0.15, 0.2) is 77.3 Å². The van der Waals surface area contributed by atoms with Gasteiger partial charge in [0.1, 0.15) is 6.04 Å². The van der Waals surface area contributed by atoms with E-state index in [0.717, 1.165) is 16.7 Å². The first kappa shape index (κ1) is 28.8. The molecule has 0 saturated heterocycles. The van der Waals surface area contributed by atoms with Gasteiger partial charge in [-0.1, -0.05) is 59.8 Å². The molecule has 1 heterocycles. The van der Waals surface area contributed by atoms with Crippen molar-refractivity contribution in [1.29, 1.82) is 5.41 Å². The number of methoxy groups -OCH3 is 2. The molecule has 41 heavy (non-hydrogen) atoms. The van der Waals surface area contributed by atoms with E-state index in [1.807, 2.05) is 54.6 Å². The van der Waals surface area contributed by atoms with Gasteiger partial charge in [0.15, 0.2) is 17.5 Å². The van der Waals surface area contributed by atoms with Crippen LogP contribution in [-0.4, -0.2) is 48.2 Å². The summed E-state index contributed by atoms with van der Waals surface area (Å²) < 4.78 is 15.6. The van der Waals surface area contributed by atoms with Crippen molar-refractivity contribution in [2.75, 3.05) is 14.2 Å². The van der Waals surface area contributed by atoms with Gasteiger partial charge >= 0.3 is 0 Å². The monoisotopic (exact) mass is 556 g/mol. The number of nitrogens with one attached hydrogen (secondary N) is 4. The Labute approximate surface area is 237 Å². The Hall–Kier alpha value is -5.19. The van der Waals surface area contributed by atoms with Gasteiger partial charge in [0, 0.05) is 25.5 Å². The highest BCUT2D eigenvalue weighted by Crippen LogP contribution is 2.27. The van der Waals surface area contributed by atoms with Crippen molar-refractivity contribution in [3.63, 3.8) is 0 Å². The molecule has 4 rings (SSSR count). The van der Waals surface area contributed by atoms with Gasteiger partial charge in [0.2, 0.25) is 23.5 Å². The molecule has 1 aromatic heterocycles. The summed E-state index contributed by atoms with van der Waals surface area (Å²) in [5.74, 6) is 0.973. The lowest BCUT2D eigenvalue weighted by Gasteiger charge is -2.20. The number of rotatable bonds is 11. The molecule has 4 N–H and O–H groups in total. The molecule has 0 fully saturated rings. The molecule has 0 saturated carbocycles. The third-order valence-corrected chi connectivity index (χ3v) is 6.17. The third kappa shape index (κ3) is 8.15. The van der Waals surface area contributed by atoms with Gasteiger partial charge in [-0.3, -0.25) is 20.3 Å². The van der Waals surface area contributed by atoms with E-state index in [0.29, 0.717) is 35.2 Å². The van der Waals surface area contributed by atoms with Gasteiger partial charge < -0.3 is 24.6 Å². The van der Waals surface area contributed by atoms with Crippen LogP contribution in [0.1, 0.15) is 22.6 Å². The first-order valence-electron chi connectivity index (χ1n) is 12.9. The Kier molecular flexibility index (Phi) is 9.66. The summed E-state index contributed by atoms with van der Waals surface area (Å²) in [6, 6.07) is 21.3. The van der Waals surface area contributed by atoms with Crippen LogP contribution in [0, 0.1) is 12.3 Å². The zero-order valence-electron chi connectivity index (χ0n) is 23.1. The van der Waals surface area contributed by atoms with Crippen LogP contribution in [0.2, 0.25) is 0 Å². The summed E-state index contributed by atoms with van der Waals surface area (Å²) in [4.78, 5) is 30.2. The van der Waals surface area contributed by atoms with E-state index in [-0.39, 0.29) is 24.8 Å². The number of nitrogens with zero attached hydrogens (tertiary/aromatic N) is 2. The van der Waals surface area contributed by atoms with Gasteiger partial charge in [-0.25, -0.2) is 0 Å². The second kappa shape index (κ2) is 13.7. The molecule has 212 valence electrons. The molecule has 0 radical (unpaired) electrons. The molecule has 2 amide bonds. The van der Waals surface area contributed by atoms with Gasteiger partial charge in [0.25, 0.3) is 0 Å². The molecular weight excluding hydrogens is 524 g/mol. The molecule has 11 heteroatoms. The normalized spacial score (nSPS) is 11.3. The first-order chi connectivity index (χ1) is 19.8. The van der Waals surface area contributed by atoms with E-state index in [1.54, 1.807) is 25.1 Å². The van der Waals surface area contributed by atoms with Crippen molar-refractivity contribution in [3.8, 4) is 22.9 Å². The zero-order chi connectivity index (χ0) is 29.2. The Morgan fingerprint density at radius 2 is 1.68 bits per heavy atom. The van der Waals surface area contributed by atoms with Crippen LogP contribution in [0.3, 0.4) is 0 Å². The fourth-order valence-corrected chi connectivity index (χ4v) is 4.18. The minimum atomic E-state index is -0.811. The lowest BCUT2D eigenvalue weighted by molar-refractivity contribution is -0.123. The molecule has 0 unspecified atom stereocenters. The lowest BCUT2D eigenvalue weighted by Crippen LogP contribution is -2.52. The second-order valence-corrected chi connectivity index (χ2v) is 9.23. The van der Waals surface area contributed by atoms with Crippen molar-refractivity contribution in [2.24, 2.45) is 0 Å². The van der Waals surface area contributed by atoms with Crippen LogP contribution in [-0.2, 0) is 29.0 Å². The predicted octanol–water partition coefficient (Wildman–Crippen LogP) is 3.17. The molecule has 0 aliphatic rings. The quantitative estimate of drug-likeness (QED) is 0.162. The Morgan fingerprint density at radius 3 is 2.39 bits per heavy atom. The van der Waals surface area contributed by atoms with Gasteiger partial charge in [-0.2, -0.15) is 4.98 Å². The summed E-state index contributed by atoms with van der Waals surface area (Å²) in [6.45, 7) is 1.96. The van der Waals surface area contributed by atoms with Crippen molar-refractivity contribution < 1.29 is 23.6 Å². The molecular formula is C30H32N6O5. The first-order valence-corrected chi connectivity index (χ1v) is 12.9. The minimum absolute atomic E-state index is 0.0101. The van der Waals surface area contributed by atoms with Crippen LogP contribution in [0.5, 0.6) is 11.5 Å². The van der Waals surface area contributed by atoms with E-state index < -0.39 is 11.9 Å². The largest absolute Gasteiger partial charge is 0.493 e. The van der Waals surface area contributed by atoms with Gasteiger partial charge in [-0.05, 0) is 34.9 Å². The number of aryl methyl sites for hydroxylation is 1. The Bertz CT molecular complexity index is 1500. The molecule has 1 atom stereocenters. The fraction of sp³-hybridized carbons (Fsp3) is 0.233. The number of benzene rings is 3. The Morgan fingerprint density at radius 1 is 0.927 bits per heavy atom. The van der Waals surface area contributed by atoms with Crippen molar-refractivity contribution >= 4 is 17.8 Å². The Balaban J connectivity index is 1.39. The molecule has 0 spiro atoms. The summed E-state index contributed by atoms with van der Waals surface area (Å²) in [6.07, 6.45) is 0.318. The average molecular weight is 557 g/mol. The SMILES string of the molecule is COc1ccc(CC(=O)NC(=N)N[C@H](Cc2ccccc2)C(=O)NCc2cccc(-c3noc(C)n3)c2)cc1OC. The van der Waals surface area contributed by atoms with E-state index in [1.165, 1.54) is 14.2 Å². The molecule has 0 aliphatic heterocycles. The molecule has 0 aliphatic carbocycles. The third-order valence-electron chi connectivity index (χ3n) is 6.17. The zero-order valence-corrected chi connectivity index (χ0v) is 23.1. The average Bonchev–Trinajstić information content (AvgIpc) is 3.42. The molecule has 0 bridgehead atoms. The van der Waals surface area contributed by atoms with E-state index in [9.17, 15) is 9.59 Å². The van der Waals surface area contributed by atoms with Crippen LogP contribution in [0.4, 0.5) is 0 Å². The number of aromatic nitrogens is 2.